The Morgan fingerprint density at radius 2 is 2.19 bits per heavy atom. The van der Waals surface area contributed by atoms with Crippen LogP contribution in [0.1, 0.15) is 16.8 Å². The number of rotatable bonds is 3. The van der Waals surface area contributed by atoms with E-state index in [0.29, 0.717) is 5.56 Å². The topological polar surface area (TPSA) is 76.4 Å². The molecule has 106 valence electrons. The first-order valence-corrected chi connectivity index (χ1v) is 6.66. The molecular weight excluding hydrogens is 264 g/mol. The van der Waals surface area contributed by atoms with Gasteiger partial charge >= 0.3 is 0 Å². The second-order valence-electron chi connectivity index (χ2n) is 4.97. The van der Waals surface area contributed by atoms with Crippen LogP contribution in [-0.4, -0.2) is 20.6 Å². The summed E-state index contributed by atoms with van der Waals surface area (Å²) in [6.45, 7) is 2.78. The van der Waals surface area contributed by atoms with E-state index in [1.807, 2.05) is 42.7 Å². The molecule has 0 spiro atoms. The summed E-state index contributed by atoms with van der Waals surface area (Å²) in [5.74, 6) is 0.116. The highest BCUT2D eigenvalue weighted by molar-refractivity contribution is 6.00. The molecule has 0 aliphatic heterocycles. The monoisotopic (exact) mass is 280 g/mol. The van der Waals surface area contributed by atoms with Crippen molar-refractivity contribution in [1.82, 2.24) is 9.55 Å². The van der Waals surface area contributed by atoms with Crippen LogP contribution >= 0.6 is 0 Å². The summed E-state index contributed by atoms with van der Waals surface area (Å²) in [6, 6.07) is 11.7. The predicted octanol–water partition coefficient (Wildman–Crippen LogP) is 2.49. The van der Waals surface area contributed by atoms with E-state index in [1.165, 1.54) is 5.56 Å². The summed E-state index contributed by atoms with van der Waals surface area (Å²) < 4.78 is 2.14. The minimum Gasteiger partial charge on any atom is -0.409 e. The number of aromatic nitrogens is 2. The quantitative estimate of drug-likeness (QED) is 0.335. The van der Waals surface area contributed by atoms with Crippen LogP contribution in [0.5, 0.6) is 0 Å². The van der Waals surface area contributed by atoms with Gasteiger partial charge < -0.3 is 15.5 Å². The van der Waals surface area contributed by atoms with Crippen molar-refractivity contribution in [1.29, 1.82) is 0 Å². The van der Waals surface area contributed by atoms with Crippen LogP contribution in [0, 0.1) is 6.92 Å². The summed E-state index contributed by atoms with van der Waals surface area (Å²) in [6.07, 6.45) is 3.83. The molecule has 3 N–H and O–H groups in total. The largest absolute Gasteiger partial charge is 0.409 e. The van der Waals surface area contributed by atoms with Gasteiger partial charge in [-0.25, -0.2) is 0 Å². The molecule has 2 heterocycles. The average molecular weight is 280 g/mol. The zero-order chi connectivity index (χ0) is 14.8. The van der Waals surface area contributed by atoms with Gasteiger partial charge in [0.2, 0.25) is 0 Å². The van der Waals surface area contributed by atoms with E-state index in [9.17, 15) is 0 Å². The van der Waals surface area contributed by atoms with E-state index in [1.54, 1.807) is 0 Å². The van der Waals surface area contributed by atoms with E-state index >= 15 is 0 Å². The Bertz CT molecular complexity index is 820. The van der Waals surface area contributed by atoms with E-state index in [2.05, 4.69) is 27.7 Å². The highest BCUT2D eigenvalue weighted by atomic mass is 16.4. The summed E-state index contributed by atoms with van der Waals surface area (Å²) in [4.78, 5) is 4.43. The Morgan fingerprint density at radius 3 is 2.95 bits per heavy atom. The summed E-state index contributed by atoms with van der Waals surface area (Å²) in [5, 5.41) is 12.8. The Hall–Kier alpha value is -2.82. The van der Waals surface area contributed by atoms with Gasteiger partial charge in [-0.2, -0.15) is 0 Å². The zero-order valence-corrected chi connectivity index (χ0v) is 11.7. The van der Waals surface area contributed by atoms with Gasteiger partial charge in [-0.3, -0.25) is 4.98 Å². The van der Waals surface area contributed by atoms with Crippen LogP contribution in [0.4, 0.5) is 0 Å². The number of fused-ring (bicyclic) bond motifs is 1. The lowest BCUT2D eigenvalue weighted by Gasteiger charge is -2.08. The fraction of sp³-hybridized carbons (Fsp3) is 0.125. The molecule has 5 nitrogen and oxygen atoms in total. The zero-order valence-electron chi connectivity index (χ0n) is 11.7. The molecule has 0 fully saturated rings. The van der Waals surface area contributed by atoms with Gasteiger partial charge in [0.15, 0.2) is 5.84 Å². The molecule has 0 aliphatic rings. The molecule has 21 heavy (non-hydrogen) atoms. The molecule has 0 amide bonds. The fourth-order valence-electron chi connectivity index (χ4n) is 2.40. The molecule has 3 aromatic rings. The molecule has 0 atom stereocenters. The van der Waals surface area contributed by atoms with Crippen molar-refractivity contribution >= 4 is 16.7 Å². The van der Waals surface area contributed by atoms with E-state index in [0.717, 1.165) is 23.1 Å². The van der Waals surface area contributed by atoms with Crippen LogP contribution in [0.2, 0.25) is 0 Å². The van der Waals surface area contributed by atoms with Crippen LogP contribution in [0.3, 0.4) is 0 Å². The number of amidine groups is 1. The van der Waals surface area contributed by atoms with Gasteiger partial charge in [-0.05, 0) is 42.8 Å². The Kier molecular flexibility index (Phi) is 3.31. The number of pyridine rings is 1. The number of hydrogen-bond acceptors (Lipinski definition) is 3. The van der Waals surface area contributed by atoms with Gasteiger partial charge in [0.1, 0.15) is 0 Å². The molecule has 2 aromatic heterocycles. The van der Waals surface area contributed by atoms with Crippen molar-refractivity contribution in [2.75, 3.05) is 0 Å². The molecule has 0 bridgehead atoms. The van der Waals surface area contributed by atoms with Crippen molar-refractivity contribution in [3.63, 3.8) is 0 Å². The number of nitrogens with two attached hydrogens (primary N) is 1. The number of hydrogen-bond donors (Lipinski definition) is 2. The van der Waals surface area contributed by atoms with Crippen molar-refractivity contribution in [2.24, 2.45) is 10.9 Å². The van der Waals surface area contributed by atoms with Gasteiger partial charge in [0.25, 0.3) is 0 Å². The van der Waals surface area contributed by atoms with E-state index in [4.69, 9.17) is 10.9 Å². The number of aryl methyl sites for hydroxylation is 1. The first kappa shape index (κ1) is 13.2. The van der Waals surface area contributed by atoms with Crippen LogP contribution in [0.15, 0.2) is 53.9 Å². The van der Waals surface area contributed by atoms with E-state index < -0.39 is 0 Å². The third kappa shape index (κ3) is 2.45. The van der Waals surface area contributed by atoms with Gasteiger partial charge in [0.05, 0.1) is 12.2 Å². The Balaban J connectivity index is 2.00. The molecule has 3 rings (SSSR count). The third-order valence-corrected chi connectivity index (χ3v) is 3.61. The summed E-state index contributed by atoms with van der Waals surface area (Å²) in [7, 11) is 0. The minimum absolute atomic E-state index is 0.116. The molecule has 0 saturated heterocycles. The molecule has 1 aromatic carbocycles. The molecule has 0 unspecified atom stereocenters. The first-order valence-electron chi connectivity index (χ1n) is 6.66. The maximum atomic E-state index is 8.74. The van der Waals surface area contributed by atoms with Gasteiger partial charge in [0, 0.05) is 28.9 Å². The average Bonchev–Trinajstić information content (AvgIpc) is 2.91. The molecule has 5 heteroatoms. The standard InChI is InChI=1S/C16H16N4O/c1-11-3-2-7-18-14(11)10-20-8-6-12-9-13(16(17)19-21)4-5-15(12)20/h2-9,21H,10H2,1H3,(H2,17,19). The smallest absolute Gasteiger partial charge is 0.170 e. The van der Waals surface area contributed by atoms with Crippen molar-refractivity contribution in [2.45, 2.75) is 13.5 Å². The van der Waals surface area contributed by atoms with Crippen LogP contribution < -0.4 is 5.73 Å². The lowest BCUT2D eigenvalue weighted by atomic mass is 10.1. The van der Waals surface area contributed by atoms with Crippen molar-refractivity contribution < 1.29 is 5.21 Å². The molecule has 0 saturated carbocycles. The second-order valence-corrected chi connectivity index (χ2v) is 4.97. The highest BCUT2D eigenvalue weighted by Crippen LogP contribution is 2.19. The maximum absolute atomic E-state index is 8.74. The maximum Gasteiger partial charge on any atom is 0.170 e. The lowest BCUT2D eigenvalue weighted by molar-refractivity contribution is 0.318. The highest BCUT2D eigenvalue weighted by Gasteiger charge is 2.07. The number of benzene rings is 1. The molecular formula is C16H16N4O. The minimum atomic E-state index is 0.116. The van der Waals surface area contributed by atoms with E-state index in [-0.39, 0.29) is 5.84 Å². The number of nitrogens with zero attached hydrogens (tertiary/aromatic N) is 3. The predicted molar refractivity (Wildman–Crippen MR) is 82.5 cm³/mol. The molecule has 0 aliphatic carbocycles. The normalized spacial score (nSPS) is 12.0. The lowest BCUT2D eigenvalue weighted by Crippen LogP contribution is -2.12. The summed E-state index contributed by atoms with van der Waals surface area (Å²) in [5.41, 5.74) is 9.64. The molecule has 0 radical (unpaired) electrons. The van der Waals surface area contributed by atoms with Gasteiger partial charge in [-0.15, -0.1) is 0 Å². The Morgan fingerprint density at radius 1 is 1.33 bits per heavy atom. The fourth-order valence-corrected chi connectivity index (χ4v) is 2.40. The second kappa shape index (κ2) is 5.28. The van der Waals surface area contributed by atoms with Crippen LogP contribution in [-0.2, 0) is 6.54 Å². The Labute approximate surface area is 122 Å². The number of oxime groups is 1. The van der Waals surface area contributed by atoms with Gasteiger partial charge in [-0.1, -0.05) is 11.2 Å². The first-order chi connectivity index (χ1) is 10.2. The third-order valence-electron chi connectivity index (χ3n) is 3.61. The van der Waals surface area contributed by atoms with Crippen molar-refractivity contribution in [3.8, 4) is 0 Å². The summed E-state index contributed by atoms with van der Waals surface area (Å²) >= 11 is 0. The SMILES string of the molecule is Cc1cccnc1Cn1ccc2cc(/C(N)=N/O)ccc21. The van der Waals surface area contributed by atoms with Crippen molar-refractivity contribution in [3.05, 3.63) is 65.6 Å². The van der Waals surface area contributed by atoms with Crippen LogP contribution in [0.25, 0.3) is 10.9 Å².